The molecule has 0 saturated carbocycles. The van der Waals surface area contributed by atoms with Crippen LogP contribution in [-0.4, -0.2) is 144 Å². The second-order valence-electron chi connectivity index (χ2n) is 16.3. The summed E-state index contributed by atoms with van der Waals surface area (Å²) in [5.74, 6) is -10.4. The van der Waals surface area contributed by atoms with Crippen molar-refractivity contribution in [1.29, 1.82) is 0 Å². The summed E-state index contributed by atoms with van der Waals surface area (Å²) in [7, 11) is 0. The van der Waals surface area contributed by atoms with Crippen LogP contribution < -0.4 is 59.3 Å². The van der Waals surface area contributed by atoms with Gasteiger partial charge >= 0.3 is 11.9 Å². The first-order valence-corrected chi connectivity index (χ1v) is 21.5. The Labute approximate surface area is 387 Å². The van der Waals surface area contributed by atoms with Crippen LogP contribution in [0.25, 0.3) is 0 Å². The minimum Gasteiger partial charge on any atom is -0.481 e. The van der Waals surface area contributed by atoms with Gasteiger partial charge in [-0.05, 0) is 50.0 Å². The normalized spacial score (nSPS) is 13.4. The van der Waals surface area contributed by atoms with Crippen LogP contribution in [0.4, 0.5) is 0 Å². The lowest BCUT2D eigenvalue weighted by molar-refractivity contribution is -0.142. The number of guanidine groups is 1. The number of carboxylic acid groups (broad SMARTS) is 2. The first kappa shape index (κ1) is 57.7. The Morgan fingerprint density at radius 3 is 1.69 bits per heavy atom. The average molecular weight is 947 g/mol. The number of amides is 9. The minimum atomic E-state index is -1.50. The summed E-state index contributed by atoms with van der Waals surface area (Å²) in [6.07, 6.45) is -0.480. The molecule has 0 aliphatic rings. The molecule has 0 aromatic heterocycles. The van der Waals surface area contributed by atoms with Crippen molar-refractivity contribution in [2.45, 2.75) is 116 Å². The minimum absolute atomic E-state index is 0.00458. The molecule has 25 heteroatoms. The maximum Gasteiger partial charge on any atom is 0.326 e. The van der Waals surface area contributed by atoms with Crippen molar-refractivity contribution in [3.05, 3.63) is 35.9 Å². The molecule has 1 rings (SSSR count). The summed E-state index contributed by atoms with van der Waals surface area (Å²) >= 11 is 0. The average Bonchev–Trinajstić information content (AvgIpc) is 3.24. The monoisotopic (exact) mass is 946 g/mol. The number of nitrogens with one attached hydrogen (secondary N) is 9. The fourth-order valence-corrected chi connectivity index (χ4v) is 6.05. The third kappa shape index (κ3) is 24.5. The molecule has 67 heavy (non-hydrogen) atoms. The first-order valence-electron chi connectivity index (χ1n) is 21.5. The van der Waals surface area contributed by atoms with Crippen LogP contribution in [0.1, 0.15) is 79.2 Å². The lowest BCUT2D eigenvalue weighted by Gasteiger charge is -2.26. The molecule has 1 aromatic carbocycles. The van der Waals surface area contributed by atoms with Gasteiger partial charge in [0.2, 0.25) is 53.2 Å². The molecule has 0 saturated heterocycles. The summed E-state index contributed by atoms with van der Waals surface area (Å²) in [4.78, 5) is 142. The molecule has 9 amide bonds. The molecule has 0 fully saturated rings. The van der Waals surface area contributed by atoms with E-state index >= 15 is 0 Å². The number of nitrogens with two attached hydrogens (primary N) is 2. The van der Waals surface area contributed by atoms with Crippen molar-refractivity contribution >= 4 is 71.1 Å². The van der Waals surface area contributed by atoms with Crippen LogP contribution >= 0.6 is 0 Å². The van der Waals surface area contributed by atoms with Crippen LogP contribution in [0.15, 0.2) is 35.3 Å². The Bertz CT molecular complexity index is 1930. The van der Waals surface area contributed by atoms with Gasteiger partial charge in [-0.15, -0.1) is 0 Å². The van der Waals surface area contributed by atoms with Gasteiger partial charge in [-0.2, -0.15) is 0 Å². The SMILES string of the molecule is CC(=O)N[C@@H](Cc1ccccc1)C(=O)N[C@@H](CC(C)C)C(=O)N[C@@H](C)C(=O)N[C@@H](CCC(=O)O)C(=O)NCC(=O)NCC(=O)NCC(=O)N[C@H](C(=O)N[C@@H](CCCN=C(N)N)C(=O)O)C(C)C. The maximum atomic E-state index is 13.4. The third-order valence-corrected chi connectivity index (χ3v) is 9.49. The predicted molar refractivity (Wildman–Crippen MR) is 241 cm³/mol. The molecule has 6 atom stereocenters. The number of carboxylic acids is 2. The Morgan fingerprint density at radius 2 is 1.15 bits per heavy atom. The van der Waals surface area contributed by atoms with Gasteiger partial charge in [0.1, 0.15) is 36.3 Å². The number of nitrogens with zero attached hydrogens (tertiary/aromatic N) is 1. The molecule has 0 aliphatic heterocycles. The number of carbonyl (C=O) groups excluding carboxylic acids is 9. The molecule has 0 heterocycles. The predicted octanol–water partition coefficient (Wildman–Crippen LogP) is -3.77. The zero-order valence-electron chi connectivity index (χ0n) is 38.6. The van der Waals surface area contributed by atoms with E-state index in [1.807, 2.05) is 0 Å². The van der Waals surface area contributed by atoms with Gasteiger partial charge in [-0.25, -0.2) is 4.79 Å². The van der Waals surface area contributed by atoms with Crippen LogP contribution in [0, 0.1) is 11.8 Å². The van der Waals surface area contributed by atoms with E-state index in [-0.39, 0.29) is 44.1 Å². The summed E-state index contributed by atoms with van der Waals surface area (Å²) in [6, 6.07) is 1.43. The Balaban J connectivity index is 2.79. The molecule has 372 valence electrons. The van der Waals surface area contributed by atoms with Crippen molar-refractivity contribution in [1.82, 2.24) is 47.9 Å². The van der Waals surface area contributed by atoms with E-state index in [0.717, 1.165) is 5.56 Å². The van der Waals surface area contributed by atoms with Crippen LogP contribution in [0.5, 0.6) is 0 Å². The Hall–Kier alpha value is -7.34. The quantitative estimate of drug-likeness (QED) is 0.0200. The topological polar surface area (TPSA) is 401 Å². The molecule has 0 radical (unpaired) electrons. The summed E-state index contributed by atoms with van der Waals surface area (Å²) in [5, 5.41) is 40.4. The molecule has 15 N–H and O–H groups in total. The van der Waals surface area contributed by atoms with Crippen molar-refractivity contribution in [2.75, 3.05) is 26.2 Å². The van der Waals surface area contributed by atoms with Gasteiger partial charge in [0, 0.05) is 26.3 Å². The number of hydrogen-bond acceptors (Lipinski definition) is 12. The van der Waals surface area contributed by atoms with E-state index in [1.165, 1.54) is 13.8 Å². The van der Waals surface area contributed by atoms with Gasteiger partial charge in [0.15, 0.2) is 5.96 Å². The van der Waals surface area contributed by atoms with Gasteiger partial charge in [0.25, 0.3) is 0 Å². The highest BCUT2D eigenvalue weighted by atomic mass is 16.4. The second-order valence-corrected chi connectivity index (χ2v) is 16.3. The van der Waals surface area contributed by atoms with E-state index in [1.54, 1.807) is 58.0 Å². The molecule has 25 nitrogen and oxygen atoms in total. The number of benzene rings is 1. The fourth-order valence-electron chi connectivity index (χ4n) is 6.05. The van der Waals surface area contributed by atoms with E-state index < -0.39 is 140 Å². The number of aliphatic carboxylic acids is 2. The molecular formula is C42H66N12O13. The number of aliphatic imine (C=N–C) groups is 1. The highest BCUT2D eigenvalue weighted by molar-refractivity contribution is 5.97. The molecule has 0 unspecified atom stereocenters. The van der Waals surface area contributed by atoms with Crippen molar-refractivity contribution in [3.63, 3.8) is 0 Å². The highest BCUT2D eigenvalue weighted by Gasteiger charge is 2.31. The van der Waals surface area contributed by atoms with Gasteiger partial charge in [-0.3, -0.25) is 52.9 Å². The second kappa shape index (κ2) is 30.0. The van der Waals surface area contributed by atoms with Crippen LogP contribution in [0.3, 0.4) is 0 Å². The van der Waals surface area contributed by atoms with E-state index in [9.17, 15) is 63.0 Å². The highest BCUT2D eigenvalue weighted by Crippen LogP contribution is 2.10. The van der Waals surface area contributed by atoms with Crippen molar-refractivity contribution < 1.29 is 63.0 Å². The Morgan fingerprint density at radius 1 is 0.597 bits per heavy atom. The molecule has 1 aromatic rings. The number of rotatable bonds is 30. The smallest absolute Gasteiger partial charge is 0.326 e. The van der Waals surface area contributed by atoms with Crippen molar-refractivity contribution in [3.8, 4) is 0 Å². The molecule has 0 spiro atoms. The zero-order valence-corrected chi connectivity index (χ0v) is 38.6. The Kier molecular flexibility index (Phi) is 25.8. The molecule has 0 aliphatic carbocycles. The van der Waals surface area contributed by atoms with Gasteiger partial charge in [0.05, 0.1) is 19.6 Å². The largest absolute Gasteiger partial charge is 0.481 e. The zero-order chi connectivity index (χ0) is 50.8. The summed E-state index contributed by atoms with van der Waals surface area (Å²) in [5.41, 5.74) is 11.3. The van der Waals surface area contributed by atoms with E-state index in [2.05, 4.69) is 52.8 Å². The number of hydrogen-bond donors (Lipinski definition) is 13. The standard InChI is InChI=1S/C42H66N12O13/c1-22(2)17-29(53-39(64)30(50-25(6)55)18-26-11-8-7-9-12-26)38(63)49-24(5)36(61)51-27(14-15-34(59)60)37(62)48-20-32(57)46-19-31(56)47-21-33(58)54-35(23(3)4)40(65)52-28(41(66)67)13-10-16-45-42(43)44/h7-9,11-12,22-24,27-30,35H,10,13-21H2,1-6H3,(H,46,57)(H,47,56)(H,48,62)(H,49,63)(H,50,55)(H,51,61)(H,52,65)(H,53,64)(H,54,58)(H,59,60)(H,66,67)(H4,43,44,45)/t24-,27-,28-,29-,30-,35-/m0/s1. The molecule has 0 bridgehead atoms. The van der Waals surface area contributed by atoms with Crippen LogP contribution in [0.2, 0.25) is 0 Å². The van der Waals surface area contributed by atoms with E-state index in [4.69, 9.17) is 11.5 Å². The number of carbonyl (C=O) groups is 11. The first-order chi connectivity index (χ1) is 31.4. The molecular weight excluding hydrogens is 881 g/mol. The van der Waals surface area contributed by atoms with Crippen molar-refractivity contribution in [2.24, 2.45) is 28.3 Å². The third-order valence-electron chi connectivity index (χ3n) is 9.49. The fraction of sp³-hybridized carbons (Fsp3) is 0.571. The van der Waals surface area contributed by atoms with Crippen LogP contribution in [-0.2, 0) is 59.2 Å². The van der Waals surface area contributed by atoms with Gasteiger partial charge < -0.3 is 69.5 Å². The summed E-state index contributed by atoms with van der Waals surface area (Å²) in [6.45, 7) is 7.47. The summed E-state index contributed by atoms with van der Waals surface area (Å²) < 4.78 is 0. The van der Waals surface area contributed by atoms with Gasteiger partial charge in [-0.1, -0.05) is 58.0 Å². The maximum absolute atomic E-state index is 13.4. The van der Waals surface area contributed by atoms with E-state index in [0.29, 0.717) is 0 Å². The lowest BCUT2D eigenvalue weighted by Crippen LogP contribution is -2.58. The lowest BCUT2D eigenvalue weighted by atomic mass is 10.0.